The molecule has 0 amide bonds. The molecule has 0 radical (unpaired) electrons. The molecule has 2 rings (SSSR count). The Morgan fingerprint density at radius 2 is 1.73 bits per heavy atom. The van der Waals surface area contributed by atoms with E-state index in [1.165, 1.54) is 18.4 Å². The average Bonchev–Trinajstić information content (AvgIpc) is 2.45. The summed E-state index contributed by atoms with van der Waals surface area (Å²) >= 11 is 0. The van der Waals surface area contributed by atoms with Crippen molar-refractivity contribution in [2.24, 2.45) is 0 Å². The van der Waals surface area contributed by atoms with Gasteiger partial charge in [-0.05, 0) is 35.2 Å². The highest BCUT2D eigenvalue weighted by atomic mass is 32.2. The first-order chi connectivity index (χ1) is 10.3. The minimum Gasteiger partial charge on any atom is -0.384 e. The molecule has 0 aliphatic heterocycles. The molecule has 0 bridgehead atoms. The Morgan fingerprint density at radius 3 is 2.36 bits per heavy atom. The summed E-state index contributed by atoms with van der Waals surface area (Å²) in [6, 6.07) is 13.8. The van der Waals surface area contributed by atoms with Crippen LogP contribution in [0.25, 0.3) is 0 Å². The fourth-order valence-electron chi connectivity index (χ4n) is 2.27. The molecule has 1 atom stereocenters. The number of hydrogen-bond donors (Lipinski definition) is 1. The van der Waals surface area contributed by atoms with Gasteiger partial charge < -0.3 is 5.32 Å². The minimum absolute atomic E-state index is 0.0150. The number of halogens is 1. The molecule has 0 aliphatic rings. The summed E-state index contributed by atoms with van der Waals surface area (Å²) in [6.07, 6.45) is 1.23. The van der Waals surface area contributed by atoms with Crippen LogP contribution >= 0.6 is 0 Å². The molecule has 5 heteroatoms. The predicted molar refractivity (Wildman–Crippen MR) is 88.3 cm³/mol. The monoisotopic (exact) mass is 321 g/mol. The number of anilines is 1. The highest BCUT2D eigenvalue weighted by Gasteiger charge is 2.10. The van der Waals surface area contributed by atoms with Gasteiger partial charge in [0.05, 0.1) is 5.75 Å². The zero-order chi connectivity index (χ0) is 16.2. The number of hydrogen-bond acceptors (Lipinski definition) is 3. The molecule has 1 N–H and O–H groups in total. The third-order valence-electron chi connectivity index (χ3n) is 3.47. The fraction of sp³-hybridized carbons (Fsp3) is 0.294. The molecule has 0 heterocycles. The van der Waals surface area contributed by atoms with Crippen molar-refractivity contribution in [3.05, 3.63) is 65.5 Å². The molecular formula is C17H20FNO2S. The van der Waals surface area contributed by atoms with E-state index in [0.29, 0.717) is 6.54 Å². The van der Waals surface area contributed by atoms with Gasteiger partial charge in [0.15, 0.2) is 9.84 Å². The lowest BCUT2D eigenvalue weighted by molar-refractivity contribution is 0.601. The van der Waals surface area contributed by atoms with E-state index in [4.69, 9.17) is 0 Å². The van der Waals surface area contributed by atoms with Gasteiger partial charge in [0, 0.05) is 18.5 Å². The average molecular weight is 321 g/mol. The third kappa shape index (κ3) is 4.84. The smallest absolute Gasteiger partial charge is 0.151 e. The van der Waals surface area contributed by atoms with E-state index in [1.807, 2.05) is 31.2 Å². The highest BCUT2D eigenvalue weighted by molar-refractivity contribution is 7.89. The van der Waals surface area contributed by atoms with E-state index in [2.05, 4.69) is 5.32 Å². The first-order valence-corrected chi connectivity index (χ1v) is 9.16. The van der Waals surface area contributed by atoms with Crippen LogP contribution in [0.2, 0.25) is 0 Å². The molecule has 2 aromatic rings. The first-order valence-electron chi connectivity index (χ1n) is 7.10. The Hall–Kier alpha value is -1.88. The van der Waals surface area contributed by atoms with Crippen molar-refractivity contribution in [3.63, 3.8) is 0 Å². The predicted octanol–water partition coefficient (Wildman–Crippen LogP) is 3.59. The maximum Gasteiger partial charge on any atom is 0.151 e. The molecular weight excluding hydrogens is 301 g/mol. The van der Waals surface area contributed by atoms with Crippen molar-refractivity contribution in [1.82, 2.24) is 0 Å². The SMILES string of the molecule is C[C@@H](CNc1ccccc1CS(C)(=O)=O)c1ccc(F)cc1. The van der Waals surface area contributed by atoms with Crippen LogP contribution in [-0.2, 0) is 15.6 Å². The summed E-state index contributed by atoms with van der Waals surface area (Å²) in [5.74, 6) is -0.0459. The zero-order valence-electron chi connectivity index (χ0n) is 12.7. The lowest BCUT2D eigenvalue weighted by Crippen LogP contribution is -2.12. The topological polar surface area (TPSA) is 46.2 Å². The summed E-state index contributed by atoms with van der Waals surface area (Å²) < 4.78 is 35.9. The van der Waals surface area contributed by atoms with Crippen molar-refractivity contribution in [1.29, 1.82) is 0 Å². The van der Waals surface area contributed by atoms with Gasteiger partial charge in [0.25, 0.3) is 0 Å². The van der Waals surface area contributed by atoms with Gasteiger partial charge in [-0.15, -0.1) is 0 Å². The quantitative estimate of drug-likeness (QED) is 0.884. The number of benzene rings is 2. The van der Waals surface area contributed by atoms with Gasteiger partial charge in [-0.25, -0.2) is 12.8 Å². The summed E-state index contributed by atoms with van der Waals surface area (Å²) in [7, 11) is -3.08. The Balaban J connectivity index is 2.06. The van der Waals surface area contributed by atoms with E-state index in [-0.39, 0.29) is 17.5 Å². The van der Waals surface area contributed by atoms with Crippen LogP contribution in [-0.4, -0.2) is 21.2 Å². The fourth-order valence-corrected chi connectivity index (χ4v) is 3.09. The van der Waals surface area contributed by atoms with Gasteiger partial charge in [-0.3, -0.25) is 0 Å². The maximum absolute atomic E-state index is 12.9. The van der Waals surface area contributed by atoms with Crippen LogP contribution in [0.15, 0.2) is 48.5 Å². The number of sulfone groups is 1. The van der Waals surface area contributed by atoms with Crippen LogP contribution in [0.4, 0.5) is 10.1 Å². The van der Waals surface area contributed by atoms with Gasteiger partial charge in [0.2, 0.25) is 0 Å². The van der Waals surface area contributed by atoms with E-state index in [1.54, 1.807) is 12.1 Å². The Bertz CT molecular complexity index is 727. The molecule has 118 valence electrons. The Labute approximate surface area is 131 Å². The molecule has 0 saturated carbocycles. The zero-order valence-corrected chi connectivity index (χ0v) is 13.5. The molecule has 0 saturated heterocycles. The number of para-hydroxylation sites is 1. The van der Waals surface area contributed by atoms with E-state index in [9.17, 15) is 12.8 Å². The van der Waals surface area contributed by atoms with Crippen molar-refractivity contribution in [2.75, 3.05) is 18.1 Å². The summed E-state index contributed by atoms with van der Waals surface area (Å²) in [5, 5.41) is 3.29. The molecule has 3 nitrogen and oxygen atoms in total. The van der Waals surface area contributed by atoms with Crippen LogP contribution in [0.1, 0.15) is 24.0 Å². The van der Waals surface area contributed by atoms with Gasteiger partial charge in [0.1, 0.15) is 5.82 Å². The molecule has 2 aromatic carbocycles. The second-order valence-electron chi connectivity index (χ2n) is 5.56. The summed E-state index contributed by atoms with van der Waals surface area (Å²) in [4.78, 5) is 0. The van der Waals surface area contributed by atoms with Crippen molar-refractivity contribution < 1.29 is 12.8 Å². The molecule has 0 fully saturated rings. The molecule has 0 aliphatic carbocycles. The van der Waals surface area contributed by atoms with Crippen molar-refractivity contribution in [3.8, 4) is 0 Å². The Kier molecular flexibility index (Phi) is 5.19. The van der Waals surface area contributed by atoms with Crippen LogP contribution < -0.4 is 5.32 Å². The standard InChI is InChI=1S/C17H20FNO2S/c1-13(14-7-9-16(18)10-8-14)11-19-17-6-4-3-5-15(17)12-22(2,20)21/h3-10,13,19H,11-12H2,1-2H3/t13-/m0/s1. The molecule has 22 heavy (non-hydrogen) atoms. The lowest BCUT2D eigenvalue weighted by Gasteiger charge is -2.16. The largest absolute Gasteiger partial charge is 0.384 e. The molecule has 0 unspecified atom stereocenters. The first kappa shape index (κ1) is 16.5. The van der Waals surface area contributed by atoms with Gasteiger partial charge in [-0.2, -0.15) is 0 Å². The minimum atomic E-state index is -3.08. The second kappa shape index (κ2) is 6.92. The van der Waals surface area contributed by atoms with E-state index in [0.717, 1.165) is 16.8 Å². The van der Waals surface area contributed by atoms with Crippen LogP contribution in [0.5, 0.6) is 0 Å². The summed E-state index contributed by atoms with van der Waals surface area (Å²) in [5.41, 5.74) is 2.62. The van der Waals surface area contributed by atoms with Gasteiger partial charge >= 0.3 is 0 Å². The lowest BCUT2D eigenvalue weighted by atomic mass is 10.0. The van der Waals surface area contributed by atoms with E-state index >= 15 is 0 Å². The summed E-state index contributed by atoms with van der Waals surface area (Å²) in [6.45, 7) is 2.69. The third-order valence-corrected chi connectivity index (χ3v) is 4.31. The van der Waals surface area contributed by atoms with Crippen LogP contribution in [0.3, 0.4) is 0 Å². The van der Waals surface area contributed by atoms with Crippen LogP contribution in [0, 0.1) is 5.82 Å². The number of rotatable bonds is 6. The Morgan fingerprint density at radius 1 is 1.09 bits per heavy atom. The molecule has 0 aromatic heterocycles. The molecule has 0 spiro atoms. The van der Waals surface area contributed by atoms with Gasteiger partial charge in [-0.1, -0.05) is 37.3 Å². The normalized spacial score (nSPS) is 12.9. The highest BCUT2D eigenvalue weighted by Crippen LogP contribution is 2.21. The maximum atomic E-state index is 12.9. The second-order valence-corrected chi connectivity index (χ2v) is 7.70. The van der Waals surface area contributed by atoms with Crippen molar-refractivity contribution >= 4 is 15.5 Å². The van der Waals surface area contributed by atoms with E-state index < -0.39 is 9.84 Å². The van der Waals surface area contributed by atoms with Crippen molar-refractivity contribution in [2.45, 2.75) is 18.6 Å². The number of nitrogens with one attached hydrogen (secondary N) is 1.